The molecule has 10 rings (SSSR count). The molecule has 64 heavy (non-hydrogen) atoms. The molecule has 16 heteroatoms. The van der Waals surface area contributed by atoms with Crippen molar-refractivity contribution >= 4 is 24.0 Å². The summed E-state index contributed by atoms with van der Waals surface area (Å²) in [5.74, 6) is 8.70. The molecule has 2 aromatic heterocycles. The van der Waals surface area contributed by atoms with Crippen LogP contribution in [0.25, 0.3) is 22.5 Å². The van der Waals surface area contributed by atoms with Gasteiger partial charge in [-0.05, 0) is 110 Å². The zero-order chi connectivity index (χ0) is 43.9. The molecule has 0 unspecified atom stereocenters. The Bertz CT molecular complexity index is 2260. The summed E-state index contributed by atoms with van der Waals surface area (Å²) in [5.41, 5.74) is 5.36. The Balaban J connectivity index is 0.780. The highest BCUT2D eigenvalue weighted by Crippen LogP contribution is 2.55. The number of benzene rings is 2. The van der Waals surface area contributed by atoms with Crippen LogP contribution in [0.1, 0.15) is 86.2 Å². The fourth-order valence-corrected chi connectivity index (χ4v) is 10.5. The van der Waals surface area contributed by atoms with Crippen LogP contribution in [0.2, 0.25) is 0 Å². The minimum atomic E-state index is -0.677. The second-order valence-corrected chi connectivity index (χ2v) is 18.0. The Morgan fingerprint density at radius 3 is 1.39 bits per heavy atom. The number of aromatic amines is 2. The maximum atomic E-state index is 14.2. The molecule has 4 saturated heterocycles. The summed E-state index contributed by atoms with van der Waals surface area (Å²) in [7, 11) is 2.63. The fraction of sp³-hybridized carbons (Fsp3) is 0.500. The number of nitrogens with one attached hydrogen (secondary N) is 4. The average molecular weight is 871 g/mol. The summed E-state index contributed by atoms with van der Waals surface area (Å²) in [5, 5.41) is 5.69. The number of rotatable bonds is 10. The second-order valence-electron chi connectivity index (χ2n) is 18.0. The molecule has 0 radical (unpaired) electrons. The molecule has 2 saturated carbocycles. The lowest BCUT2D eigenvalue weighted by molar-refractivity contribution is -0.138. The van der Waals surface area contributed by atoms with Gasteiger partial charge >= 0.3 is 12.2 Å². The van der Waals surface area contributed by atoms with Crippen molar-refractivity contribution in [3.8, 4) is 34.4 Å². The number of nitrogens with zero attached hydrogens (tertiary/aromatic N) is 4. The molecular formula is C48H54N8O8. The number of alkyl carbamates (subject to hydrolysis) is 2. The highest BCUT2D eigenvalue weighted by molar-refractivity contribution is 5.88. The molecule has 6 aliphatic rings. The van der Waals surface area contributed by atoms with Gasteiger partial charge in [-0.1, -0.05) is 36.1 Å². The molecule has 4 aliphatic heterocycles. The minimum Gasteiger partial charge on any atom is -0.453 e. The molecule has 2 aromatic carbocycles. The average Bonchev–Trinajstić information content (AvgIpc) is 3.92. The molecule has 0 spiro atoms. The summed E-state index contributed by atoms with van der Waals surface area (Å²) >= 11 is 0. The molecular weight excluding hydrogens is 817 g/mol. The van der Waals surface area contributed by atoms with E-state index in [-0.39, 0.29) is 47.8 Å². The van der Waals surface area contributed by atoms with E-state index in [1.54, 1.807) is 0 Å². The van der Waals surface area contributed by atoms with Crippen LogP contribution in [-0.2, 0) is 28.5 Å². The number of ether oxygens (including phenoxy) is 4. The van der Waals surface area contributed by atoms with Gasteiger partial charge in [0.05, 0.1) is 50.1 Å². The van der Waals surface area contributed by atoms with Crippen LogP contribution in [0.4, 0.5) is 9.59 Å². The number of carbonyl (C=O) groups excluding carboxylic acids is 4. The summed E-state index contributed by atoms with van der Waals surface area (Å²) in [6.07, 6.45) is 8.82. The van der Waals surface area contributed by atoms with Crippen LogP contribution in [0, 0.1) is 35.5 Å². The van der Waals surface area contributed by atoms with E-state index >= 15 is 0 Å². The van der Waals surface area contributed by atoms with Crippen molar-refractivity contribution in [3.05, 3.63) is 83.7 Å². The second kappa shape index (κ2) is 17.8. The fourth-order valence-electron chi connectivity index (χ4n) is 10.5. The highest BCUT2D eigenvalue weighted by Gasteiger charge is 2.58. The van der Waals surface area contributed by atoms with E-state index in [4.69, 9.17) is 28.9 Å². The number of fused-ring (bicyclic) bond motifs is 2. The van der Waals surface area contributed by atoms with Crippen molar-refractivity contribution < 1.29 is 38.1 Å². The molecule has 6 heterocycles. The van der Waals surface area contributed by atoms with E-state index in [1.165, 1.54) is 14.2 Å². The van der Waals surface area contributed by atoms with Gasteiger partial charge < -0.3 is 49.3 Å². The Morgan fingerprint density at radius 1 is 0.625 bits per heavy atom. The minimum absolute atomic E-state index is 0.0235. The first-order valence-corrected chi connectivity index (χ1v) is 22.6. The van der Waals surface area contributed by atoms with Crippen LogP contribution >= 0.6 is 0 Å². The quantitative estimate of drug-likeness (QED) is 0.148. The van der Waals surface area contributed by atoms with Crippen LogP contribution in [0.3, 0.4) is 0 Å². The summed E-state index contributed by atoms with van der Waals surface area (Å²) in [6, 6.07) is 14.5. The number of likely N-dealkylation sites (tertiary alicyclic amines) is 2. The number of amides is 4. The maximum Gasteiger partial charge on any atom is 0.407 e. The zero-order valence-electron chi connectivity index (χ0n) is 36.1. The Labute approximate surface area is 371 Å². The third-order valence-corrected chi connectivity index (χ3v) is 14.2. The number of hydrogen-bond donors (Lipinski definition) is 4. The molecule has 334 valence electrons. The van der Waals surface area contributed by atoms with Gasteiger partial charge in [-0.15, -0.1) is 0 Å². The topological polar surface area (TPSA) is 193 Å². The summed E-state index contributed by atoms with van der Waals surface area (Å²) < 4.78 is 20.9. The number of aromatic nitrogens is 4. The SMILES string of the molecule is COC(=O)N[C@H](C(=O)N1[C@@H](c2ncc(-c3ccc(C#Cc4ccc(-c5cnc([C@H]6C[C@@H]7C[C@@H]7N6C(=O)[C@H](NC(=O)OC)C6CCOCC6)[nH]5)cc4)cc3)[nH]2)C[C@@H]2C[C@@H]21)C1CCOCC1. The van der Waals surface area contributed by atoms with Gasteiger partial charge in [0.25, 0.3) is 0 Å². The van der Waals surface area contributed by atoms with E-state index in [1.807, 2.05) is 70.7 Å². The number of methoxy groups -OCH3 is 2. The monoisotopic (exact) mass is 870 g/mol. The Morgan fingerprint density at radius 2 is 1.02 bits per heavy atom. The van der Waals surface area contributed by atoms with Crippen LogP contribution in [-0.4, -0.2) is 119 Å². The Kier molecular flexibility index (Phi) is 11.6. The predicted molar refractivity (Wildman–Crippen MR) is 232 cm³/mol. The largest absolute Gasteiger partial charge is 0.453 e. The highest BCUT2D eigenvalue weighted by atomic mass is 16.5. The van der Waals surface area contributed by atoms with Crippen molar-refractivity contribution in [3.63, 3.8) is 0 Å². The van der Waals surface area contributed by atoms with E-state index in [0.29, 0.717) is 63.9 Å². The number of carbonyl (C=O) groups is 4. The molecule has 0 bridgehead atoms. The molecule has 6 fully saturated rings. The summed E-state index contributed by atoms with van der Waals surface area (Å²) in [4.78, 5) is 73.4. The molecule has 2 aliphatic carbocycles. The number of hydrogen-bond acceptors (Lipinski definition) is 10. The van der Waals surface area contributed by atoms with Gasteiger partial charge in [0.2, 0.25) is 11.8 Å². The Hall–Kier alpha value is -6.18. The van der Waals surface area contributed by atoms with Crippen LogP contribution in [0.5, 0.6) is 0 Å². The van der Waals surface area contributed by atoms with E-state index in [2.05, 4.69) is 32.4 Å². The van der Waals surface area contributed by atoms with E-state index in [0.717, 1.165) is 71.0 Å². The predicted octanol–water partition coefficient (Wildman–Crippen LogP) is 5.49. The first kappa shape index (κ1) is 41.8. The number of piperidine rings is 2. The lowest BCUT2D eigenvalue weighted by Crippen LogP contribution is -2.54. The summed E-state index contributed by atoms with van der Waals surface area (Å²) in [6.45, 7) is 2.25. The lowest BCUT2D eigenvalue weighted by atomic mass is 9.90. The van der Waals surface area contributed by atoms with Gasteiger partial charge in [-0.25, -0.2) is 19.6 Å². The lowest BCUT2D eigenvalue weighted by Gasteiger charge is -2.35. The van der Waals surface area contributed by atoms with Crippen molar-refractivity contribution in [2.45, 2.75) is 87.6 Å². The van der Waals surface area contributed by atoms with Gasteiger partial charge in [0.1, 0.15) is 23.7 Å². The number of imidazole rings is 2. The van der Waals surface area contributed by atoms with E-state index < -0.39 is 24.3 Å². The molecule has 8 atom stereocenters. The van der Waals surface area contributed by atoms with E-state index in [9.17, 15) is 19.2 Å². The van der Waals surface area contributed by atoms with Crippen molar-refractivity contribution in [1.82, 2.24) is 40.4 Å². The van der Waals surface area contributed by atoms with Gasteiger partial charge in [0, 0.05) is 49.6 Å². The maximum absolute atomic E-state index is 14.2. The molecule has 4 amide bonds. The van der Waals surface area contributed by atoms with Gasteiger partial charge in [-0.2, -0.15) is 0 Å². The standard InChI is InChI=1S/C48H54N8O8/c1-61-47(59)53-41(31-13-17-63-18-14-31)45(57)55-37-21-33(37)23-39(55)43-49-25-35(51-43)29-9-5-27(6-10-29)3-4-28-7-11-30(12-8-28)36-26-50-44(52-36)40-24-34-22-38(34)56(40)46(58)42(54-48(60)62-2)32-15-19-64-20-16-32/h5-12,25-26,31-34,37-42H,13-24H2,1-2H3,(H,49,51)(H,50,52)(H,53,59)(H,54,60)/t33-,34-,37-,38-,39+,40+,41-,42+/m0/s1. The van der Waals surface area contributed by atoms with Crippen molar-refractivity contribution in [2.24, 2.45) is 23.7 Å². The van der Waals surface area contributed by atoms with Crippen molar-refractivity contribution in [1.29, 1.82) is 0 Å². The first-order chi connectivity index (χ1) is 31.3. The molecule has 4 aromatic rings. The van der Waals surface area contributed by atoms with Crippen molar-refractivity contribution in [2.75, 3.05) is 40.6 Å². The van der Waals surface area contributed by atoms with Crippen LogP contribution < -0.4 is 10.6 Å². The smallest absolute Gasteiger partial charge is 0.407 e. The van der Waals surface area contributed by atoms with Crippen LogP contribution in [0.15, 0.2) is 60.9 Å². The van der Waals surface area contributed by atoms with Gasteiger partial charge in [-0.3, -0.25) is 9.59 Å². The number of H-pyrrole nitrogens is 2. The third-order valence-electron chi connectivity index (χ3n) is 14.2. The third kappa shape index (κ3) is 8.46. The van der Waals surface area contributed by atoms with Gasteiger partial charge in [0.15, 0.2) is 0 Å². The molecule has 16 nitrogen and oxygen atoms in total. The molecule has 4 N–H and O–H groups in total. The first-order valence-electron chi connectivity index (χ1n) is 22.6. The zero-order valence-corrected chi connectivity index (χ0v) is 36.1. The normalized spacial score (nSPS) is 25.8.